The summed E-state index contributed by atoms with van der Waals surface area (Å²) in [5.41, 5.74) is 4.91. The Hall–Kier alpha value is -3.26. The van der Waals surface area contributed by atoms with E-state index in [-0.39, 0.29) is 11.9 Å². The Bertz CT molecular complexity index is 1230. The third-order valence-corrected chi connectivity index (χ3v) is 5.89. The molecule has 1 aromatic carbocycles. The number of hydrogen-bond donors (Lipinski definition) is 0. The number of amides is 1. The van der Waals surface area contributed by atoms with E-state index in [4.69, 9.17) is 4.74 Å². The molecule has 1 aliphatic heterocycles. The zero-order valence-corrected chi connectivity index (χ0v) is 19.0. The quantitative estimate of drug-likeness (QED) is 0.409. The molecule has 0 N–H and O–H groups in total. The summed E-state index contributed by atoms with van der Waals surface area (Å²) in [7, 11) is 1.56. The fourth-order valence-corrected chi connectivity index (χ4v) is 4.28. The maximum atomic E-state index is 13.3. The first-order valence-electron chi connectivity index (χ1n) is 9.80. The minimum atomic E-state index is -0.116. The SMILES string of the molecule is C=CN=C(OC)C(=C)c1cccc2c1CCN(C(=O)c1cc3ncc(Br)cn3n1)C2C. The smallest absolute Gasteiger partial charge is 0.274 e. The van der Waals surface area contributed by atoms with Crippen molar-refractivity contribution in [3.05, 3.63) is 82.9 Å². The zero-order chi connectivity index (χ0) is 22.1. The molecule has 3 aromatic rings. The molecular weight excluding hydrogens is 458 g/mol. The highest BCUT2D eigenvalue weighted by molar-refractivity contribution is 9.10. The fourth-order valence-electron chi connectivity index (χ4n) is 3.99. The van der Waals surface area contributed by atoms with Gasteiger partial charge in [-0.3, -0.25) is 4.79 Å². The lowest BCUT2D eigenvalue weighted by atomic mass is 9.87. The summed E-state index contributed by atoms with van der Waals surface area (Å²) in [6, 6.07) is 7.63. The molecule has 0 bridgehead atoms. The van der Waals surface area contributed by atoms with Crippen LogP contribution in [0.5, 0.6) is 0 Å². The van der Waals surface area contributed by atoms with E-state index in [9.17, 15) is 4.79 Å². The summed E-state index contributed by atoms with van der Waals surface area (Å²) < 4.78 is 7.78. The topological polar surface area (TPSA) is 72.1 Å². The predicted molar refractivity (Wildman–Crippen MR) is 124 cm³/mol. The van der Waals surface area contributed by atoms with E-state index < -0.39 is 0 Å². The Labute approximate surface area is 188 Å². The molecule has 1 unspecified atom stereocenters. The van der Waals surface area contributed by atoms with Crippen molar-refractivity contribution in [2.24, 2.45) is 4.99 Å². The van der Waals surface area contributed by atoms with Crippen LogP contribution in [0, 0.1) is 0 Å². The van der Waals surface area contributed by atoms with Crippen LogP contribution >= 0.6 is 15.9 Å². The molecule has 1 atom stereocenters. The highest BCUT2D eigenvalue weighted by Crippen LogP contribution is 2.35. The highest BCUT2D eigenvalue weighted by atomic mass is 79.9. The summed E-state index contributed by atoms with van der Waals surface area (Å²) in [6.07, 6.45) is 5.60. The first-order chi connectivity index (χ1) is 14.9. The van der Waals surface area contributed by atoms with Crippen LogP contribution in [0.3, 0.4) is 0 Å². The van der Waals surface area contributed by atoms with Crippen molar-refractivity contribution in [2.45, 2.75) is 19.4 Å². The summed E-state index contributed by atoms with van der Waals surface area (Å²) in [4.78, 5) is 23.6. The standard InChI is InChI=1S/C23H22BrN5O2/c1-5-25-22(31-4)14(2)17-7-6-8-18-15(3)28(10-9-19(17)18)23(30)20-11-21-26-12-16(24)13-29(21)27-20/h5-8,11-13,15H,1-2,9-10H2,3-4H3. The molecule has 8 heteroatoms. The minimum Gasteiger partial charge on any atom is -0.481 e. The van der Waals surface area contributed by atoms with Crippen LogP contribution in [0.15, 0.2) is 65.5 Å². The summed E-state index contributed by atoms with van der Waals surface area (Å²) >= 11 is 3.38. The first kappa shape index (κ1) is 21.0. The van der Waals surface area contributed by atoms with E-state index in [1.54, 1.807) is 30.1 Å². The molecule has 0 fully saturated rings. The molecule has 4 rings (SSSR count). The second kappa shape index (κ2) is 8.47. The second-order valence-corrected chi connectivity index (χ2v) is 8.12. The lowest BCUT2D eigenvalue weighted by Gasteiger charge is -2.36. The third-order valence-electron chi connectivity index (χ3n) is 5.48. The number of hydrogen-bond acceptors (Lipinski definition) is 5. The summed E-state index contributed by atoms with van der Waals surface area (Å²) in [6.45, 7) is 10.4. The van der Waals surface area contributed by atoms with Crippen molar-refractivity contribution in [1.29, 1.82) is 0 Å². The van der Waals surface area contributed by atoms with Crippen molar-refractivity contribution in [3.63, 3.8) is 0 Å². The molecule has 2 aromatic heterocycles. The molecule has 1 aliphatic rings. The van der Waals surface area contributed by atoms with Gasteiger partial charge >= 0.3 is 0 Å². The van der Waals surface area contributed by atoms with Crippen molar-refractivity contribution in [3.8, 4) is 0 Å². The van der Waals surface area contributed by atoms with Gasteiger partial charge in [0.2, 0.25) is 5.90 Å². The molecule has 7 nitrogen and oxygen atoms in total. The molecule has 1 amide bonds. The van der Waals surface area contributed by atoms with Gasteiger partial charge < -0.3 is 9.64 Å². The van der Waals surface area contributed by atoms with Gasteiger partial charge in [-0.25, -0.2) is 14.5 Å². The average molecular weight is 480 g/mol. The van der Waals surface area contributed by atoms with Gasteiger partial charge in [0.1, 0.15) is 0 Å². The van der Waals surface area contributed by atoms with Crippen molar-refractivity contribution < 1.29 is 9.53 Å². The van der Waals surface area contributed by atoms with E-state index in [1.807, 2.05) is 24.0 Å². The van der Waals surface area contributed by atoms with Gasteiger partial charge in [-0.15, -0.1) is 0 Å². The molecule has 0 radical (unpaired) electrons. The Morgan fingerprint density at radius 1 is 1.42 bits per heavy atom. The van der Waals surface area contributed by atoms with Crippen molar-refractivity contribution in [2.75, 3.05) is 13.7 Å². The summed E-state index contributed by atoms with van der Waals surface area (Å²) in [5.74, 6) is 0.313. The zero-order valence-electron chi connectivity index (χ0n) is 17.4. The molecule has 0 saturated heterocycles. The number of halogens is 1. The molecule has 0 saturated carbocycles. The maximum absolute atomic E-state index is 13.3. The van der Waals surface area contributed by atoms with Gasteiger partial charge in [-0.1, -0.05) is 31.4 Å². The third kappa shape index (κ3) is 3.79. The molecule has 0 aliphatic carbocycles. The second-order valence-electron chi connectivity index (χ2n) is 7.20. The lowest BCUT2D eigenvalue weighted by Crippen LogP contribution is -2.39. The normalized spacial score (nSPS) is 16.2. The van der Waals surface area contributed by atoms with Gasteiger partial charge in [0.05, 0.1) is 17.6 Å². The summed E-state index contributed by atoms with van der Waals surface area (Å²) in [5, 5.41) is 4.42. The number of nitrogens with zero attached hydrogens (tertiary/aromatic N) is 5. The molecule has 158 valence electrons. The lowest BCUT2D eigenvalue weighted by molar-refractivity contribution is 0.0671. The predicted octanol–water partition coefficient (Wildman–Crippen LogP) is 4.45. The number of aromatic nitrogens is 3. The van der Waals surface area contributed by atoms with Crippen LogP contribution in [0.1, 0.15) is 40.1 Å². The van der Waals surface area contributed by atoms with Crippen LogP contribution in [-0.2, 0) is 11.2 Å². The number of aliphatic imine (C=N–C) groups is 1. The number of carbonyl (C=O) groups excluding carboxylic acids is 1. The Kier molecular flexibility index (Phi) is 5.73. The monoisotopic (exact) mass is 479 g/mol. The Morgan fingerprint density at radius 2 is 2.23 bits per heavy atom. The highest BCUT2D eigenvalue weighted by Gasteiger charge is 2.31. The van der Waals surface area contributed by atoms with Crippen LogP contribution in [-0.4, -0.2) is 45.0 Å². The maximum Gasteiger partial charge on any atom is 0.274 e. The van der Waals surface area contributed by atoms with E-state index in [2.05, 4.69) is 50.2 Å². The van der Waals surface area contributed by atoms with Gasteiger partial charge in [0, 0.05) is 36.8 Å². The van der Waals surface area contributed by atoms with Crippen molar-refractivity contribution >= 4 is 39.0 Å². The molecule has 0 spiro atoms. The van der Waals surface area contributed by atoms with Gasteiger partial charge in [-0.2, -0.15) is 5.10 Å². The van der Waals surface area contributed by atoms with Crippen molar-refractivity contribution in [1.82, 2.24) is 19.5 Å². The molecule has 31 heavy (non-hydrogen) atoms. The number of ether oxygens (including phenoxy) is 1. The number of fused-ring (bicyclic) bond motifs is 2. The first-order valence-corrected chi connectivity index (χ1v) is 10.6. The van der Waals surface area contributed by atoms with E-state index in [1.165, 1.54) is 6.20 Å². The Morgan fingerprint density at radius 3 is 2.97 bits per heavy atom. The van der Waals surface area contributed by atoms with Crippen LogP contribution in [0.2, 0.25) is 0 Å². The van der Waals surface area contributed by atoms with E-state index in [0.717, 1.165) is 21.2 Å². The van der Waals surface area contributed by atoms with E-state index >= 15 is 0 Å². The largest absolute Gasteiger partial charge is 0.481 e. The van der Waals surface area contributed by atoms with Gasteiger partial charge in [-0.05, 0) is 46.0 Å². The Balaban J connectivity index is 1.66. The average Bonchev–Trinajstić information content (AvgIpc) is 3.20. The minimum absolute atomic E-state index is 0.115. The number of benzene rings is 1. The fraction of sp³-hybridized carbons (Fsp3) is 0.217. The van der Waals surface area contributed by atoms with Gasteiger partial charge in [0.25, 0.3) is 5.91 Å². The molecule has 3 heterocycles. The number of carbonyl (C=O) groups is 1. The number of methoxy groups -OCH3 is 1. The van der Waals surface area contributed by atoms with Crippen LogP contribution < -0.4 is 0 Å². The van der Waals surface area contributed by atoms with Crippen LogP contribution in [0.25, 0.3) is 11.2 Å². The number of rotatable bonds is 4. The van der Waals surface area contributed by atoms with Gasteiger partial charge in [0.15, 0.2) is 11.3 Å². The van der Waals surface area contributed by atoms with Crippen LogP contribution in [0.4, 0.5) is 0 Å². The van der Waals surface area contributed by atoms with E-state index in [0.29, 0.717) is 35.8 Å². The molecular formula is C23H22BrN5O2.